The van der Waals surface area contributed by atoms with Crippen molar-refractivity contribution in [1.82, 2.24) is 9.36 Å². The molecule has 1 saturated carbocycles. The summed E-state index contributed by atoms with van der Waals surface area (Å²) in [5.41, 5.74) is 5.55. The van der Waals surface area contributed by atoms with Gasteiger partial charge in [-0.05, 0) is 19.3 Å². The molecule has 2 unspecified atom stereocenters. The van der Waals surface area contributed by atoms with Crippen molar-refractivity contribution < 1.29 is 4.74 Å². The van der Waals surface area contributed by atoms with Crippen LogP contribution >= 0.6 is 11.5 Å². The topological polar surface area (TPSA) is 64.3 Å². The van der Waals surface area contributed by atoms with Crippen molar-refractivity contribution in [1.29, 1.82) is 0 Å². The van der Waals surface area contributed by atoms with E-state index < -0.39 is 0 Å². The van der Waals surface area contributed by atoms with Crippen LogP contribution in [0.3, 0.4) is 0 Å². The van der Waals surface area contributed by atoms with Gasteiger partial charge in [0.2, 0.25) is 11.1 Å². The second kappa shape index (κ2) is 3.61. The predicted molar refractivity (Wildman–Crippen MR) is 59.0 cm³/mol. The van der Waals surface area contributed by atoms with Crippen LogP contribution in [0.1, 0.15) is 19.3 Å². The number of hydrogen-bond acceptors (Lipinski definition) is 6. The monoisotopic (exact) mass is 226 g/mol. The van der Waals surface area contributed by atoms with Gasteiger partial charge in [-0.3, -0.25) is 0 Å². The zero-order valence-electron chi connectivity index (χ0n) is 8.43. The molecule has 6 heteroatoms. The number of aromatic nitrogens is 2. The van der Waals surface area contributed by atoms with E-state index in [1.165, 1.54) is 30.8 Å². The summed E-state index contributed by atoms with van der Waals surface area (Å²) in [6.45, 7) is 1.70. The summed E-state index contributed by atoms with van der Waals surface area (Å²) in [6, 6.07) is 0.492. The Morgan fingerprint density at radius 1 is 1.47 bits per heavy atom. The van der Waals surface area contributed by atoms with Crippen LogP contribution in [-0.4, -0.2) is 34.7 Å². The molecule has 1 aromatic heterocycles. The van der Waals surface area contributed by atoms with Crippen molar-refractivity contribution in [3.05, 3.63) is 0 Å². The molecular weight excluding hydrogens is 212 g/mol. The minimum absolute atomic E-state index is 0.385. The molecule has 1 aliphatic heterocycles. The minimum atomic E-state index is 0.385. The zero-order chi connectivity index (χ0) is 10.3. The molecule has 2 fully saturated rings. The Balaban J connectivity index is 1.85. The number of fused-ring (bicyclic) bond motifs is 1. The lowest BCUT2D eigenvalue weighted by Crippen LogP contribution is -2.48. The van der Waals surface area contributed by atoms with Crippen LogP contribution in [0.15, 0.2) is 0 Å². The van der Waals surface area contributed by atoms with Gasteiger partial charge in [0, 0.05) is 18.1 Å². The Morgan fingerprint density at radius 3 is 3.20 bits per heavy atom. The van der Waals surface area contributed by atoms with Crippen LogP contribution in [0.4, 0.5) is 11.1 Å². The van der Waals surface area contributed by atoms with Crippen LogP contribution < -0.4 is 10.6 Å². The van der Waals surface area contributed by atoms with Gasteiger partial charge in [0.1, 0.15) is 0 Å². The second-order valence-electron chi connectivity index (χ2n) is 4.04. The summed E-state index contributed by atoms with van der Waals surface area (Å²) in [4.78, 5) is 6.56. The number of ether oxygens (including phenoxy) is 1. The number of nitrogen functional groups attached to an aromatic ring is 1. The maximum Gasteiger partial charge on any atom is 0.233 e. The summed E-state index contributed by atoms with van der Waals surface area (Å²) >= 11 is 1.39. The van der Waals surface area contributed by atoms with E-state index in [9.17, 15) is 0 Å². The van der Waals surface area contributed by atoms with Gasteiger partial charge >= 0.3 is 0 Å². The second-order valence-corrected chi connectivity index (χ2v) is 4.77. The SMILES string of the molecule is Nc1nsc(N2CCOC3CCCC32)n1. The third kappa shape index (κ3) is 1.57. The van der Waals surface area contributed by atoms with Crippen LogP contribution in [0.2, 0.25) is 0 Å². The first-order chi connectivity index (χ1) is 7.34. The smallest absolute Gasteiger partial charge is 0.233 e. The Bertz CT molecular complexity index is 356. The highest BCUT2D eigenvalue weighted by Gasteiger charge is 2.37. The standard InChI is InChI=1S/C9H14N4OS/c10-8-11-9(15-12-8)13-4-5-14-7-3-1-2-6(7)13/h6-7H,1-5H2,(H2,10,12). The molecule has 0 amide bonds. The third-order valence-corrected chi connectivity index (χ3v) is 3.93. The molecule has 1 saturated heterocycles. The zero-order valence-corrected chi connectivity index (χ0v) is 9.24. The van der Waals surface area contributed by atoms with Crippen molar-refractivity contribution in [2.24, 2.45) is 0 Å². The van der Waals surface area contributed by atoms with Crippen LogP contribution in [0.5, 0.6) is 0 Å². The average Bonchev–Trinajstić information content (AvgIpc) is 2.84. The van der Waals surface area contributed by atoms with E-state index in [2.05, 4.69) is 14.3 Å². The summed E-state index contributed by atoms with van der Waals surface area (Å²) in [6.07, 6.45) is 4.02. The number of hydrogen-bond donors (Lipinski definition) is 1. The molecule has 15 heavy (non-hydrogen) atoms. The third-order valence-electron chi connectivity index (χ3n) is 3.16. The quantitative estimate of drug-likeness (QED) is 0.770. The number of anilines is 2. The molecular formula is C9H14N4OS. The summed E-state index contributed by atoms with van der Waals surface area (Å²) in [5.74, 6) is 0.385. The van der Waals surface area contributed by atoms with E-state index >= 15 is 0 Å². The maximum atomic E-state index is 5.74. The number of rotatable bonds is 1. The van der Waals surface area contributed by atoms with E-state index in [0.29, 0.717) is 18.1 Å². The van der Waals surface area contributed by atoms with Crippen LogP contribution in [-0.2, 0) is 4.74 Å². The first-order valence-electron chi connectivity index (χ1n) is 5.32. The Hall–Kier alpha value is -0.880. The molecule has 0 aromatic carbocycles. The molecule has 2 atom stereocenters. The van der Waals surface area contributed by atoms with Crippen molar-refractivity contribution in [2.45, 2.75) is 31.4 Å². The molecule has 1 aliphatic carbocycles. The van der Waals surface area contributed by atoms with E-state index in [-0.39, 0.29) is 0 Å². The average molecular weight is 226 g/mol. The van der Waals surface area contributed by atoms with Gasteiger partial charge in [-0.2, -0.15) is 9.36 Å². The highest BCUT2D eigenvalue weighted by Crippen LogP contribution is 2.33. The fraction of sp³-hybridized carbons (Fsp3) is 0.778. The van der Waals surface area contributed by atoms with Gasteiger partial charge in [0.15, 0.2) is 0 Å². The van der Waals surface area contributed by atoms with Crippen molar-refractivity contribution in [2.75, 3.05) is 23.8 Å². The number of nitrogens with two attached hydrogens (primary N) is 1. The number of nitrogens with zero attached hydrogens (tertiary/aromatic N) is 3. The first kappa shape index (κ1) is 9.35. The molecule has 2 heterocycles. The van der Waals surface area contributed by atoms with E-state index in [1.807, 2.05) is 0 Å². The fourth-order valence-corrected chi connectivity index (χ4v) is 3.19. The molecule has 2 N–H and O–H groups in total. The molecule has 0 spiro atoms. The Morgan fingerprint density at radius 2 is 2.40 bits per heavy atom. The lowest BCUT2D eigenvalue weighted by molar-refractivity contribution is 0.0256. The molecule has 82 valence electrons. The normalized spacial score (nSPS) is 30.5. The maximum absolute atomic E-state index is 5.74. The summed E-state index contributed by atoms with van der Waals surface area (Å²) in [5, 5.41) is 0.952. The van der Waals surface area contributed by atoms with E-state index in [0.717, 1.165) is 18.3 Å². The van der Waals surface area contributed by atoms with Gasteiger partial charge < -0.3 is 15.4 Å². The van der Waals surface area contributed by atoms with Gasteiger partial charge in [0.25, 0.3) is 0 Å². The van der Waals surface area contributed by atoms with Crippen molar-refractivity contribution in [3.63, 3.8) is 0 Å². The summed E-state index contributed by atoms with van der Waals surface area (Å²) < 4.78 is 9.78. The molecule has 1 aromatic rings. The highest BCUT2D eigenvalue weighted by atomic mass is 32.1. The van der Waals surface area contributed by atoms with Gasteiger partial charge in [-0.1, -0.05) is 0 Å². The first-order valence-corrected chi connectivity index (χ1v) is 6.09. The molecule has 0 bridgehead atoms. The van der Waals surface area contributed by atoms with Crippen molar-refractivity contribution in [3.8, 4) is 0 Å². The molecule has 5 nitrogen and oxygen atoms in total. The lowest BCUT2D eigenvalue weighted by atomic mass is 10.1. The Kier molecular flexibility index (Phi) is 2.25. The van der Waals surface area contributed by atoms with E-state index in [4.69, 9.17) is 10.5 Å². The molecule has 3 rings (SSSR count). The van der Waals surface area contributed by atoms with Crippen LogP contribution in [0.25, 0.3) is 0 Å². The minimum Gasteiger partial charge on any atom is -0.374 e. The molecule has 0 radical (unpaired) electrons. The Labute approximate surface area is 92.4 Å². The van der Waals surface area contributed by atoms with Gasteiger partial charge in [0.05, 0.1) is 18.8 Å². The lowest BCUT2D eigenvalue weighted by Gasteiger charge is -2.37. The van der Waals surface area contributed by atoms with Gasteiger partial charge in [-0.15, -0.1) is 0 Å². The summed E-state index contributed by atoms with van der Waals surface area (Å²) in [7, 11) is 0. The fourth-order valence-electron chi connectivity index (χ4n) is 2.51. The van der Waals surface area contributed by atoms with Gasteiger partial charge in [-0.25, -0.2) is 0 Å². The predicted octanol–water partition coefficient (Wildman–Crippen LogP) is 0.878. The van der Waals surface area contributed by atoms with Crippen molar-refractivity contribution >= 4 is 22.6 Å². The largest absolute Gasteiger partial charge is 0.374 e. The highest BCUT2D eigenvalue weighted by molar-refractivity contribution is 7.09. The van der Waals surface area contributed by atoms with Crippen LogP contribution in [0, 0.1) is 0 Å². The number of morpholine rings is 1. The van der Waals surface area contributed by atoms with E-state index in [1.54, 1.807) is 0 Å². The molecule has 2 aliphatic rings.